The van der Waals surface area contributed by atoms with Crippen LogP contribution in [-0.4, -0.2) is 15.2 Å². The Bertz CT molecular complexity index is 839. The molecule has 23 heavy (non-hydrogen) atoms. The van der Waals surface area contributed by atoms with Gasteiger partial charge in [0.2, 0.25) is 0 Å². The number of hydrogen-bond donors (Lipinski definition) is 0. The van der Waals surface area contributed by atoms with Gasteiger partial charge in [-0.1, -0.05) is 17.7 Å². The van der Waals surface area contributed by atoms with Crippen LogP contribution in [0.5, 0.6) is 11.6 Å². The summed E-state index contributed by atoms with van der Waals surface area (Å²) in [5.74, 6) is 1.17. The second kappa shape index (κ2) is 5.05. The van der Waals surface area contributed by atoms with Crippen molar-refractivity contribution in [2.24, 2.45) is 0 Å². The third kappa shape index (κ3) is 2.12. The maximum Gasteiger partial charge on any atom is 0.263 e. The minimum Gasteiger partial charge on any atom is -0.432 e. The van der Waals surface area contributed by atoms with E-state index in [1.807, 2.05) is 12.1 Å². The van der Waals surface area contributed by atoms with Gasteiger partial charge in [0, 0.05) is 6.20 Å². The van der Waals surface area contributed by atoms with Gasteiger partial charge in [-0.2, -0.15) is 5.10 Å². The predicted molar refractivity (Wildman–Crippen MR) is 88.8 cm³/mol. The molecule has 114 valence electrons. The monoisotopic (exact) mass is 304 g/mol. The van der Waals surface area contributed by atoms with E-state index in [1.54, 1.807) is 18.6 Å². The molecule has 1 aliphatic rings. The molecular weight excluding hydrogens is 288 g/mol. The quantitative estimate of drug-likeness (QED) is 0.522. The van der Waals surface area contributed by atoms with E-state index < -0.39 is 0 Å². The molecule has 0 saturated carbocycles. The minimum absolute atomic E-state index is 0.493. The Kier molecular flexibility index (Phi) is 3.01. The van der Waals surface area contributed by atoms with Gasteiger partial charge in [-0.3, -0.25) is 4.98 Å². The lowest BCUT2D eigenvalue weighted by Gasteiger charge is -2.33. The van der Waals surface area contributed by atoms with Gasteiger partial charge in [0.1, 0.15) is 5.69 Å². The van der Waals surface area contributed by atoms with Crippen molar-refractivity contribution >= 4 is 17.1 Å². The molecule has 5 nitrogen and oxygen atoms in total. The number of pyridine rings is 1. The van der Waals surface area contributed by atoms with E-state index in [9.17, 15) is 0 Å². The molecule has 5 heteroatoms. The first-order valence-electron chi connectivity index (χ1n) is 7.46. The van der Waals surface area contributed by atoms with Crippen LogP contribution in [0.1, 0.15) is 16.7 Å². The van der Waals surface area contributed by atoms with E-state index in [1.165, 1.54) is 16.7 Å². The molecule has 1 aliphatic heterocycles. The Hall–Kier alpha value is -2.95. The summed E-state index contributed by atoms with van der Waals surface area (Å²) in [5, 5.41) is 8.07. The second-order valence-electron chi connectivity index (χ2n) is 5.75. The van der Waals surface area contributed by atoms with Crippen LogP contribution in [-0.2, 0) is 0 Å². The van der Waals surface area contributed by atoms with Crippen LogP contribution in [0.25, 0.3) is 0 Å². The molecule has 3 aromatic rings. The lowest BCUT2D eigenvalue weighted by atomic mass is 10.0. The molecule has 3 heterocycles. The zero-order valence-corrected chi connectivity index (χ0v) is 13.2. The number of nitrogens with zero attached hydrogens (tertiary/aromatic N) is 4. The van der Waals surface area contributed by atoms with E-state index in [2.05, 4.69) is 53.0 Å². The van der Waals surface area contributed by atoms with Crippen molar-refractivity contribution in [2.75, 3.05) is 4.90 Å². The zero-order chi connectivity index (χ0) is 16.0. The van der Waals surface area contributed by atoms with Crippen LogP contribution in [0.15, 0.2) is 42.9 Å². The second-order valence-corrected chi connectivity index (χ2v) is 5.75. The summed E-state index contributed by atoms with van der Waals surface area (Å²) >= 11 is 0. The molecule has 0 atom stereocenters. The van der Waals surface area contributed by atoms with E-state index in [0.29, 0.717) is 11.6 Å². The molecule has 4 rings (SSSR count). The summed E-state index contributed by atoms with van der Waals surface area (Å²) in [6.07, 6.45) is 5.16. The minimum atomic E-state index is 0.493. The normalized spacial score (nSPS) is 12.4. The molecule has 0 amide bonds. The largest absolute Gasteiger partial charge is 0.432 e. The van der Waals surface area contributed by atoms with Crippen molar-refractivity contribution in [3.05, 3.63) is 59.5 Å². The van der Waals surface area contributed by atoms with E-state index in [4.69, 9.17) is 4.74 Å². The van der Waals surface area contributed by atoms with Gasteiger partial charge in [-0.15, -0.1) is 5.10 Å². The highest BCUT2D eigenvalue weighted by molar-refractivity contribution is 5.87. The molecule has 0 bridgehead atoms. The zero-order valence-electron chi connectivity index (χ0n) is 13.2. The van der Waals surface area contributed by atoms with Gasteiger partial charge >= 0.3 is 0 Å². The molecule has 0 fully saturated rings. The average molecular weight is 304 g/mol. The lowest BCUT2D eigenvalue weighted by Crippen LogP contribution is -2.19. The summed E-state index contributed by atoms with van der Waals surface area (Å²) in [4.78, 5) is 6.33. The number of ether oxygens (including phenoxy) is 1. The highest BCUT2D eigenvalue weighted by Crippen LogP contribution is 2.50. The van der Waals surface area contributed by atoms with Crippen LogP contribution < -0.4 is 9.64 Å². The molecule has 0 N–H and O–H groups in total. The van der Waals surface area contributed by atoms with Crippen molar-refractivity contribution in [1.82, 2.24) is 15.2 Å². The summed E-state index contributed by atoms with van der Waals surface area (Å²) in [6.45, 7) is 6.36. The van der Waals surface area contributed by atoms with Gasteiger partial charge in [0.25, 0.3) is 5.88 Å². The van der Waals surface area contributed by atoms with Crippen LogP contribution in [0, 0.1) is 20.8 Å². The Morgan fingerprint density at radius 3 is 2.48 bits per heavy atom. The first-order chi connectivity index (χ1) is 11.1. The first kappa shape index (κ1) is 13.7. The lowest BCUT2D eigenvalue weighted by molar-refractivity contribution is 0.447. The fraction of sp³-hybridized carbons (Fsp3) is 0.167. The molecular formula is C18H16N4O. The number of benzene rings is 1. The number of aryl methyl sites for hydroxylation is 3. The molecule has 0 radical (unpaired) electrons. The molecule has 0 spiro atoms. The van der Waals surface area contributed by atoms with Crippen LogP contribution in [0.3, 0.4) is 0 Å². The fourth-order valence-electron chi connectivity index (χ4n) is 3.19. The van der Waals surface area contributed by atoms with E-state index in [-0.39, 0.29) is 0 Å². The van der Waals surface area contributed by atoms with Gasteiger partial charge < -0.3 is 9.64 Å². The first-order valence-corrected chi connectivity index (χ1v) is 7.46. The van der Waals surface area contributed by atoms with Crippen LogP contribution in [0.4, 0.5) is 17.1 Å². The number of hydrogen-bond acceptors (Lipinski definition) is 5. The van der Waals surface area contributed by atoms with Crippen molar-refractivity contribution < 1.29 is 4.74 Å². The predicted octanol–water partition coefficient (Wildman–Crippen LogP) is 4.37. The Morgan fingerprint density at radius 2 is 1.70 bits per heavy atom. The van der Waals surface area contributed by atoms with Crippen molar-refractivity contribution in [2.45, 2.75) is 20.8 Å². The molecule has 0 saturated heterocycles. The molecule has 1 aromatic carbocycles. The fourth-order valence-corrected chi connectivity index (χ4v) is 3.19. The summed E-state index contributed by atoms with van der Waals surface area (Å²) in [6, 6.07) is 8.25. The third-order valence-electron chi connectivity index (χ3n) is 3.98. The maximum absolute atomic E-state index is 5.85. The number of rotatable bonds is 1. The number of aromatic nitrogens is 3. The number of fused-ring (bicyclic) bond motifs is 2. The van der Waals surface area contributed by atoms with Gasteiger partial charge in [0.15, 0.2) is 5.75 Å². The van der Waals surface area contributed by atoms with Crippen LogP contribution in [0.2, 0.25) is 0 Å². The highest BCUT2D eigenvalue weighted by atomic mass is 16.5. The Labute approximate surface area is 134 Å². The molecule has 2 aromatic heterocycles. The van der Waals surface area contributed by atoms with Crippen molar-refractivity contribution in [3.8, 4) is 11.6 Å². The van der Waals surface area contributed by atoms with Crippen molar-refractivity contribution in [1.29, 1.82) is 0 Å². The molecule has 0 unspecified atom stereocenters. The third-order valence-corrected chi connectivity index (χ3v) is 3.98. The summed E-state index contributed by atoms with van der Waals surface area (Å²) in [7, 11) is 0. The SMILES string of the molecule is Cc1cc(C)c(N2c3ccncc3Oc3nnccc32)c(C)c1. The number of anilines is 3. The average Bonchev–Trinajstić information content (AvgIpc) is 2.53. The Balaban J connectivity index is 2.02. The van der Waals surface area contributed by atoms with Gasteiger partial charge in [-0.25, -0.2) is 0 Å². The topological polar surface area (TPSA) is 51.1 Å². The standard InChI is InChI=1S/C18H16N4O/c1-11-8-12(2)17(13(3)9-11)22-14-4-6-19-10-16(14)23-18-15(22)5-7-20-21-18/h4-10H,1-3H3. The van der Waals surface area contributed by atoms with E-state index in [0.717, 1.165) is 17.1 Å². The summed E-state index contributed by atoms with van der Waals surface area (Å²) in [5.41, 5.74) is 6.63. The Morgan fingerprint density at radius 1 is 0.957 bits per heavy atom. The summed E-state index contributed by atoms with van der Waals surface area (Å²) < 4.78 is 5.85. The smallest absolute Gasteiger partial charge is 0.263 e. The van der Waals surface area contributed by atoms with Gasteiger partial charge in [-0.05, 0) is 44.0 Å². The van der Waals surface area contributed by atoms with Crippen LogP contribution >= 0.6 is 0 Å². The van der Waals surface area contributed by atoms with Crippen molar-refractivity contribution in [3.63, 3.8) is 0 Å². The maximum atomic E-state index is 5.85. The highest BCUT2D eigenvalue weighted by Gasteiger charge is 2.28. The van der Waals surface area contributed by atoms with E-state index >= 15 is 0 Å². The molecule has 0 aliphatic carbocycles. The van der Waals surface area contributed by atoms with Gasteiger partial charge in [0.05, 0.1) is 23.8 Å².